The van der Waals surface area contributed by atoms with Crippen LogP contribution in [-0.4, -0.2) is 16.6 Å². The van der Waals surface area contributed by atoms with Crippen LogP contribution in [0.3, 0.4) is 0 Å². The molecule has 1 aromatic rings. The average molecular weight is 290 g/mol. The van der Waals surface area contributed by atoms with Crippen LogP contribution in [0.5, 0.6) is 5.75 Å². The average Bonchev–Trinajstić information content (AvgIpc) is 2.20. The highest BCUT2D eigenvalue weighted by Crippen LogP contribution is 2.36. The first-order valence-electron chi connectivity index (χ1n) is 4.59. The Bertz CT molecular complexity index is 411. The second-order valence-corrected chi connectivity index (χ2v) is 4.22. The number of nitrogens with zero attached hydrogens (tertiary/aromatic N) is 1. The lowest BCUT2D eigenvalue weighted by Crippen LogP contribution is -2.15. The number of hydrogen-bond acceptors (Lipinski definition) is 5. The van der Waals surface area contributed by atoms with E-state index < -0.39 is 16.7 Å². The smallest absolute Gasteiger partial charge is 0.312 e. The SMILES string of the molecule is NCC[C@@H](N)c1cc(Br)cc([N+](=O)[O-])c1O. The number of hydrogen-bond donors (Lipinski definition) is 3. The number of nitro groups is 1. The summed E-state index contributed by atoms with van der Waals surface area (Å²) in [6.07, 6.45) is 0.446. The minimum atomic E-state index is -0.654. The summed E-state index contributed by atoms with van der Waals surface area (Å²) in [5.41, 5.74) is 11.1. The first-order valence-corrected chi connectivity index (χ1v) is 5.39. The van der Waals surface area contributed by atoms with Crippen molar-refractivity contribution >= 4 is 21.6 Å². The van der Waals surface area contributed by atoms with Crippen LogP contribution in [0.2, 0.25) is 0 Å². The van der Waals surface area contributed by atoms with Crippen molar-refractivity contribution in [1.29, 1.82) is 0 Å². The van der Waals surface area contributed by atoms with E-state index in [2.05, 4.69) is 15.9 Å². The van der Waals surface area contributed by atoms with Crippen LogP contribution in [-0.2, 0) is 0 Å². The normalized spacial score (nSPS) is 12.4. The Balaban J connectivity index is 3.23. The van der Waals surface area contributed by atoms with E-state index in [1.165, 1.54) is 6.07 Å². The van der Waals surface area contributed by atoms with Crippen molar-refractivity contribution in [1.82, 2.24) is 0 Å². The van der Waals surface area contributed by atoms with Gasteiger partial charge in [-0.15, -0.1) is 0 Å². The third-order valence-corrected chi connectivity index (χ3v) is 2.62. The molecule has 16 heavy (non-hydrogen) atoms. The van der Waals surface area contributed by atoms with Crippen LogP contribution >= 0.6 is 15.9 Å². The fraction of sp³-hybridized carbons (Fsp3) is 0.333. The van der Waals surface area contributed by atoms with Crippen LogP contribution in [0.1, 0.15) is 18.0 Å². The quantitative estimate of drug-likeness (QED) is 0.572. The van der Waals surface area contributed by atoms with Gasteiger partial charge in [-0.2, -0.15) is 0 Å². The van der Waals surface area contributed by atoms with Crippen molar-refractivity contribution in [2.75, 3.05) is 6.54 Å². The monoisotopic (exact) mass is 289 g/mol. The second kappa shape index (κ2) is 5.24. The van der Waals surface area contributed by atoms with Gasteiger partial charge in [0.25, 0.3) is 0 Å². The molecule has 6 nitrogen and oxygen atoms in total. The van der Waals surface area contributed by atoms with Crippen molar-refractivity contribution in [3.8, 4) is 5.75 Å². The van der Waals surface area contributed by atoms with Crippen LogP contribution < -0.4 is 11.5 Å². The predicted molar refractivity (Wildman–Crippen MR) is 63.1 cm³/mol. The summed E-state index contributed by atoms with van der Waals surface area (Å²) in [6.45, 7) is 0.348. The highest BCUT2D eigenvalue weighted by molar-refractivity contribution is 9.10. The molecular weight excluding hydrogens is 278 g/mol. The largest absolute Gasteiger partial charge is 0.502 e. The van der Waals surface area contributed by atoms with Gasteiger partial charge in [-0.05, 0) is 19.0 Å². The highest BCUT2D eigenvalue weighted by atomic mass is 79.9. The van der Waals surface area contributed by atoms with E-state index in [0.29, 0.717) is 23.0 Å². The number of aromatic hydroxyl groups is 1. The molecule has 0 unspecified atom stereocenters. The molecule has 0 saturated carbocycles. The minimum Gasteiger partial charge on any atom is -0.502 e. The van der Waals surface area contributed by atoms with E-state index >= 15 is 0 Å². The third kappa shape index (κ3) is 2.69. The Hall–Kier alpha value is -1.18. The molecule has 0 saturated heterocycles. The fourth-order valence-electron chi connectivity index (χ4n) is 1.36. The van der Waals surface area contributed by atoms with Gasteiger partial charge >= 0.3 is 5.69 Å². The maximum Gasteiger partial charge on any atom is 0.312 e. The summed E-state index contributed by atoms with van der Waals surface area (Å²) in [4.78, 5) is 10.0. The first-order chi connectivity index (χ1) is 7.47. The van der Waals surface area contributed by atoms with Crippen molar-refractivity contribution < 1.29 is 10.0 Å². The van der Waals surface area contributed by atoms with Gasteiger partial charge in [-0.1, -0.05) is 15.9 Å². The Morgan fingerprint density at radius 3 is 2.69 bits per heavy atom. The predicted octanol–water partition coefficient (Wildman–Crippen LogP) is 1.41. The number of phenols is 1. The molecule has 1 atom stereocenters. The maximum absolute atomic E-state index is 10.7. The maximum atomic E-state index is 10.7. The number of benzene rings is 1. The van der Waals surface area contributed by atoms with Crippen LogP contribution in [0.25, 0.3) is 0 Å². The number of nitrogens with two attached hydrogens (primary N) is 2. The van der Waals surface area contributed by atoms with Crippen molar-refractivity contribution in [2.45, 2.75) is 12.5 Å². The summed E-state index contributed by atoms with van der Waals surface area (Å²) in [5, 5.41) is 20.4. The number of rotatable bonds is 4. The van der Waals surface area contributed by atoms with E-state index in [1.807, 2.05) is 0 Å². The van der Waals surface area contributed by atoms with E-state index in [0.717, 1.165) is 0 Å². The van der Waals surface area contributed by atoms with E-state index in [9.17, 15) is 15.2 Å². The molecule has 88 valence electrons. The second-order valence-electron chi connectivity index (χ2n) is 3.30. The van der Waals surface area contributed by atoms with Gasteiger partial charge in [-0.3, -0.25) is 10.1 Å². The number of nitro benzene ring substituents is 1. The summed E-state index contributed by atoms with van der Waals surface area (Å²) >= 11 is 3.13. The zero-order valence-electron chi connectivity index (χ0n) is 8.39. The van der Waals surface area contributed by atoms with Gasteiger partial charge in [-0.25, -0.2) is 0 Å². The molecule has 0 heterocycles. The molecule has 0 amide bonds. The van der Waals surface area contributed by atoms with Gasteiger partial charge in [0.15, 0.2) is 5.75 Å². The molecular formula is C9H12BrN3O3. The molecule has 7 heteroatoms. The molecule has 0 aliphatic carbocycles. The molecule has 0 spiro atoms. The van der Waals surface area contributed by atoms with Crippen molar-refractivity contribution in [3.63, 3.8) is 0 Å². The minimum absolute atomic E-state index is 0.325. The lowest BCUT2D eigenvalue weighted by molar-refractivity contribution is -0.386. The number of halogens is 1. The Morgan fingerprint density at radius 1 is 1.56 bits per heavy atom. The van der Waals surface area contributed by atoms with Gasteiger partial charge < -0.3 is 16.6 Å². The summed E-state index contributed by atoms with van der Waals surface area (Å²) < 4.78 is 0.500. The molecule has 0 bridgehead atoms. The molecule has 0 aliphatic rings. The molecule has 0 fully saturated rings. The molecule has 0 aliphatic heterocycles. The van der Waals surface area contributed by atoms with Gasteiger partial charge in [0.2, 0.25) is 0 Å². The number of phenolic OH excluding ortho intramolecular Hbond substituents is 1. The third-order valence-electron chi connectivity index (χ3n) is 2.16. The van der Waals surface area contributed by atoms with Crippen LogP contribution in [0.15, 0.2) is 16.6 Å². The summed E-state index contributed by atoms with van der Waals surface area (Å²) in [7, 11) is 0. The summed E-state index contributed by atoms with van der Waals surface area (Å²) in [5.74, 6) is -0.394. The lowest BCUT2D eigenvalue weighted by Gasteiger charge is -2.12. The van der Waals surface area contributed by atoms with Gasteiger partial charge in [0.1, 0.15) is 0 Å². The van der Waals surface area contributed by atoms with Gasteiger partial charge in [0.05, 0.1) is 4.92 Å². The molecule has 0 radical (unpaired) electrons. The Labute approximate surface area is 101 Å². The topological polar surface area (TPSA) is 115 Å². The fourth-order valence-corrected chi connectivity index (χ4v) is 1.83. The molecule has 1 aromatic carbocycles. The Morgan fingerprint density at radius 2 is 2.19 bits per heavy atom. The van der Waals surface area contributed by atoms with Gasteiger partial charge in [0, 0.05) is 22.1 Å². The van der Waals surface area contributed by atoms with E-state index in [4.69, 9.17) is 11.5 Å². The first kappa shape index (κ1) is 12.9. The highest BCUT2D eigenvalue weighted by Gasteiger charge is 2.21. The Kier molecular flexibility index (Phi) is 4.22. The van der Waals surface area contributed by atoms with Crippen LogP contribution in [0.4, 0.5) is 5.69 Å². The van der Waals surface area contributed by atoms with Crippen LogP contribution in [0, 0.1) is 10.1 Å². The standard InChI is InChI=1S/C9H12BrN3O3/c10-5-3-6(7(12)1-2-11)9(14)8(4-5)13(15)16/h3-4,7,14H,1-2,11-12H2/t7-/m1/s1. The zero-order valence-corrected chi connectivity index (χ0v) is 9.98. The molecule has 0 aromatic heterocycles. The molecule has 1 rings (SSSR count). The van der Waals surface area contributed by atoms with Crippen molar-refractivity contribution in [2.24, 2.45) is 11.5 Å². The van der Waals surface area contributed by atoms with Crippen molar-refractivity contribution in [3.05, 3.63) is 32.3 Å². The van der Waals surface area contributed by atoms with E-state index in [-0.39, 0.29) is 5.69 Å². The summed E-state index contributed by atoms with van der Waals surface area (Å²) in [6, 6.07) is 2.28. The lowest BCUT2D eigenvalue weighted by atomic mass is 10.0. The molecule has 5 N–H and O–H groups in total. The zero-order chi connectivity index (χ0) is 12.3. The van der Waals surface area contributed by atoms with E-state index in [1.54, 1.807) is 6.07 Å².